The predicted molar refractivity (Wildman–Crippen MR) is 70.3 cm³/mol. The van der Waals surface area contributed by atoms with E-state index >= 15 is 0 Å². The third-order valence-electron chi connectivity index (χ3n) is 2.54. The molecule has 96 valence electrons. The van der Waals surface area contributed by atoms with Crippen LogP contribution >= 0.6 is 0 Å². The normalized spacial score (nSPS) is 10.7. The Bertz CT molecular complexity index is 586. The van der Waals surface area contributed by atoms with Crippen molar-refractivity contribution in [3.05, 3.63) is 77.0 Å². The third-order valence-corrected chi connectivity index (χ3v) is 2.54. The van der Waals surface area contributed by atoms with Crippen LogP contribution < -0.4 is 0 Å². The third kappa shape index (κ3) is 3.87. The first kappa shape index (κ1) is 13.2. The van der Waals surface area contributed by atoms with Gasteiger partial charge in [0.25, 0.3) is 0 Å². The van der Waals surface area contributed by atoms with Crippen LogP contribution in [0.5, 0.6) is 0 Å². The first-order chi connectivity index (χ1) is 9.05. The van der Waals surface area contributed by atoms with E-state index in [2.05, 4.69) is 5.73 Å². The smallest absolute Gasteiger partial charge is 0.166 e. The minimum absolute atomic E-state index is 0.642. The first-order valence-corrected chi connectivity index (χ1v) is 5.70. The zero-order valence-corrected chi connectivity index (χ0v) is 9.98. The summed E-state index contributed by atoms with van der Waals surface area (Å²) < 4.78 is 37.1. The van der Waals surface area contributed by atoms with Crippen molar-refractivity contribution in [3.8, 4) is 0 Å². The molecule has 0 aliphatic rings. The maximum atomic E-state index is 12.4. The SMILES string of the molecule is FC(F)(F)c1ccc(C=C=Cc2ccccc2)cc1. The van der Waals surface area contributed by atoms with Gasteiger partial charge in [-0.2, -0.15) is 13.2 Å². The van der Waals surface area contributed by atoms with Crippen LogP contribution in [0.2, 0.25) is 0 Å². The van der Waals surface area contributed by atoms with Crippen molar-refractivity contribution in [2.75, 3.05) is 0 Å². The molecule has 2 aromatic carbocycles. The Morgan fingerprint density at radius 1 is 0.737 bits per heavy atom. The fourth-order valence-electron chi connectivity index (χ4n) is 1.55. The monoisotopic (exact) mass is 260 g/mol. The van der Waals surface area contributed by atoms with E-state index in [0.717, 1.165) is 17.7 Å². The van der Waals surface area contributed by atoms with Crippen LogP contribution in [0.4, 0.5) is 13.2 Å². The lowest BCUT2D eigenvalue weighted by molar-refractivity contribution is -0.137. The lowest BCUT2D eigenvalue weighted by atomic mass is 10.1. The molecule has 3 heteroatoms. The Kier molecular flexibility index (Phi) is 3.88. The minimum Gasteiger partial charge on any atom is -0.166 e. The molecule has 2 aromatic rings. The molecule has 0 fully saturated rings. The van der Waals surface area contributed by atoms with Gasteiger partial charge in [0, 0.05) is 0 Å². The summed E-state index contributed by atoms with van der Waals surface area (Å²) in [5.41, 5.74) is 3.98. The number of rotatable bonds is 2. The second-order valence-corrected chi connectivity index (χ2v) is 3.99. The van der Waals surface area contributed by atoms with Gasteiger partial charge in [-0.3, -0.25) is 0 Å². The highest BCUT2D eigenvalue weighted by molar-refractivity contribution is 5.57. The summed E-state index contributed by atoms with van der Waals surface area (Å²) in [4.78, 5) is 0. The molecule has 0 atom stereocenters. The zero-order valence-electron chi connectivity index (χ0n) is 9.98. The zero-order chi connectivity index (χ0) is 13.7. The number of benzene rings is 2. The molecule has 0 radical (unpaired) electrons. The van der Waals surface area contributed by atoms with Gasteiger partial charge in [0.1, 0.15) is 0 Å². The summed E-state index contributed by atoms with van der Waals surface area (Å²) >= 11 is 0. The van der Waals surface area contributed by atoms with Gasteiger partial charge in [-0.25, -0.2) is 0 Å². The molecular weight excluding hydrogens is 249 g/mol. The summed E-state index contributed by atoms with van der Waals surface area (Å²) in [5.74, 6) is 0. The van der Waals surface area contributed by atoms with Crippen molar-refractivity contribution < 1.29 is 13.2 Å². The summed E-state index contributed by atoms with van der Waals surface area (Å²) in [5, 5.41) is 0. The number of halogens is 3. The van der Waals surface area contributed by atoms with Crippen molar-refractivity contribution in [2.24, 2.45) is 0 Å². The van der Waals surface area contributed by atoms with Gasteiger partial charge in [-0.1, -0.05) is 42.5 Å². The van der Waals surface area contributed by atoms with Crippen molar-refractivity contribution >= 4 is 12.2 Å². The largest absolute Gasteiger partial charge is 0.416 e. The van der Waals surface area contributed by atoms with Crippen LogP contribution in [-0.2, 0) is 6.18 Å². The minimum atomic E-state index is -4.29. The van der Waals surface area contributed by atoms with Crippen LogP contribution in [0.25, 0.3) is 12.2 Å². The van der Waals surface area contributed by atoms with E-state index in [0.29, 0.717) is 5.56 Å². The summed E-state index contributed by atoms with van der Waals surface area (Å²) in [6.45, 7) is 0. The number of hydrogen-bond acceptors (Lipinski definition) is 0. The Morgan fingerprint density at radius 3 is 1.79 bits per heavy atom. The Morgan fingerprint density at radius 2 is 1.26 bits per heavy atom. The first-order valence-electron chi connectivity index (χ1n) is 5.70. The number of hydrogen-bond donors (Lipinski definition) is 0. The summed E-state index contributed by atoms with van der Waals surface area (Å²) in [6.07, 6.45) is -0.868. The quantitative estimate of drug-likeness (QED) is 0.664. The van der Waals surface area contributed by atoms with Crippen LogP contribution in [0, 0.1) is 0 Å². The van der Waals surface area contributed by atoms with E-state index in [4.69, 9.17) is 0 Å². The van der Waals surface area contributed by atoms with E-state index in [1.165, 1.54) is 12.1 Å². The molecule has 0 aliphatic carbocycles. The average molecular weight is 260 g/mol. The van der Waals surface area contributed by atoms with E-state index in [9.17, 15) is 13.2 Å². The summed E-state index contributed by atoms with van der Waals surface area (Å²) in [6, 6.07) is 14.6. The second-order valence-electron chi connectivity index (χ2n) is 3.99. The van der Waals surface area contributed by atoms with Crippen LogP contribution in [-0.4, -0.2) is 0 Å². The molecule has 0 aromatic heterocycles. The van der Waals surface area contributed by atoms with Gasteiger partial charge < -0.3 is 0 Å². The van der Waals surface area contributed by atoms with Crippen molar-refractivity contribution in [2.45, 2.75) is 6.18 Å². The highest BCUT2D eigenvalue weighted by atomic mass is 19.4. The standard InChI is InChI=1S/C16H11F3/c17-16(18,19)15-11-9-14(10-12-15)8-4-7-13-5-2-1-3-6-13/h1-3,5-12H. The lowest BCUT2D eigenvalue weighted by Crippen LogP contribution is -2.03. The molecule has 19 heavy (non-hydrogen) atoms. The molecule has 0 unspecified atom stereocenters. The highest BCUT2D eigenvalue weighted by Gasteiger charge is 2.29. The van der Waals surface area contributed by atoms with Crippen LogP contribution in [0.1, 0.15) is 16.7 Å². The van der Waals surface area contributed by atoms with Gasteiger partial charge in [0.2, 0.25) is 0 Å². The van der Waals surface area contributed by atoms with Gasteiger partial charge in [-0.15, -0.1) is 5.73 Å². The number of alkyl halides is 3. The molecule has 0 aliphatic heterocycles. The predicted octanol–water partition coefficient (Wildman–Crippen LogP) is 5.03. The van der Waals surface area contributed by atoms with Gasteiger partial charge in [-0.05, 0) is 35.4 Å². The molecule has 0 nitrogen and oxygen atoms in total. The Labute approximate surface area is 109 Å². The molecule has 2 rings (SSSR count). The van der Waals surface area contributed by atoms with Gasteiger partial charge in [0.15, 0.2) is 0 Å². The highest BCUT2D eigenvalue weighted by Crippen LogP contribution is 2.29. The second kappa shape index (κ2) is 5.59. The van der Waals surface area contributed by atoms with E-state index in [1.54, 1.807) is 12.2 Å². The maximum Gasteiger partial charge on any atom is 0.416 e. The van der Waals surface area contributed by atoms with E-state index < -0.39 is 11.7 Å². The van der Waals surface area contributed by atoms with Crippen LogP contribution in [0.3, 0.4) is 0 Å². The molecule has 0 heterocycles. The summed E-state index contributed by atoms with van der Waals surface area (Å²) in [7, 11) is 0. The van der Waals surface area contributed by atoms with E-state index in [1.807, 2.05) is 30.3 Å². The molecule has 0 amide bonds. The Hall–Kier alpha value is -2.25. The molecule has 0 saturated heterocycles. The fourth-order valence-corrected chi connectivity index (χ4v) is 1.55. The molecule has 0 N–H and O–H groups in total. The molecular formula is C16H11F3. The van der Waals surface area contributed by atoms with Crippen molar-refractivity contribution in [3.63, 3.8) is 0 Å². The average Bonchev–Trinajstić information content (AvgIpc) is 2.39. The lowest BCUT2D eigenvalue weighted by Gasteiger charge is -2.05. The topological polar surface area (TPSA) is 0 Å². The van der Waals surface area contributed by atoms with Crippen molar-refractivity contribution in [1.82, 2.24) is 0 Å². The maximum absolute atomic E-state index is 12.4. The van der Waals surface area contributed by atoms with Crippen LogP contribution in [0.15, 0.2) is 60.3 Å². The molecule has 0 spiro atoms. The molecule has 0 bridgehead atoms. The van der Waals surface area contributed by atoms with Crippen molar-refractivity contribution in [1.29, 1.82) is 0 Å². The van der Waals surface area contributed by atoms with E-state index in [-0.39, 0.29) is 0 Å². The van der Waals surface area contributed by atoms with Gasteiger partial charge >= 0.3 is 6.18 Å². The molecule has 0 saturated carbocycles. The Balaban J connectivity index is 2.14. The van der Waals surface area contributed by atoms with Gasteiger partial charge in [0.05, 0.1) is 5.56 Å². The fraction of sp³-hybridized carbons (Fsp3) is 0.0625.